The van der Waals surface area contributed by atoms with Gasteiger partial charge in [0.05, 0.1) is 31.2 Å². The average Bonchev–Trinajstić information content (AvgIpc) is 3.18. The highest BCUT2D eigenvalue weighted by molar-refractivity contribution is 6.30. The molecule has 0 aliphatic carbocycles. The van der Waals surface area contributed by atoms with Crippen LogP contribution in [0.2, 0.25) is 5.02 Å². The summed E-state index contributed by atoms with van der Waals surface area (Å²) in [4.78, 5) is 53.4. The van der Waals surface area contributed by atoms with Gasteiger partial charge in [-0.05, 0) is 61.2 Å². The molecule has 2 unspecified atom stereocenters. The van der Waals surface area contributed by atoms with Crippen LogP contribution in [0.4, 0.5) is 10.5 Å². The van der Waals surface area contributed by atoms with Crippen LogP contribution in [0.15, 0.2) is 41.2 Å². The van der Waals surface area contributed by atoms with E-state index in [0.717, 1.165) is 17.7 Å². The number of unbranched alkanes of at least 4 members (excludes halogenated alkanes) is 1. The van der Waals surface area contributed by atoms with Gasteiger partial charge in [-0.25, -0.2) is 19.1 Å². The summed E-state index contributed by atoms with van der Waals surface area (Å²) >= 11 is 6.24. The van der Waals surface area contributed by atoms with Gasteiger partial charge in [0, 0.05) is 23.8 Å². The van der Waals surface area contributed by atoms with Gasteiger partial charge in [0.1, 0.15) is 5.75 Å². The fourth-order valence-electron chi connectivity index (χ4n) is 5.18. The van der Waals surface area contributed by atoms with Gasteiger partial charge in [0.2, 0.25) is 5.91 Å². The fraction of sp³-hybridized carbons (Fsp3) is 0.414. The lowest BCUT2D eigenvalue weighted by Gasteiger charge is -2.27. The van der Waals surface area contributed by atoms with E-state index in [9.17, 15) is 24.3 Å². The number of nitrogens with two attached hydrogens (primary N) is 1. The molecule has 42 heavy (non-hydrogen) atoms. The van der Waals surface area contributed by atoms with Gasteiger partial charge in [-0.3, -0.25) is 14.3 Å². The molecule has 4 N–H and O–H groups in total. The number of halogens is 1. The Morgan fingerprint density at radius 3 is 2.62 bits per heavy atom. The summed E-state index contributed by atoms with van der Waals surface area (Å²) in [5, 5.41) is 17.2. The highest BCUT2D eigenvalue weighted by Crippen LogP contribution is 2.29. The van der Waals surface area contributed by atoms with Crippen molar-refractivity contribution in [3.05, 3.63) is 74.4 Å². The average molecular weight is 599 g/mol. The van der Waals surface area contributed by atoms with Crippen molar-refractivity contribution in [3.8, 4) is 5.75 Å². The third kappa shape index (κ3) is 6.43. The van der Waals surface area contributed by atoms with E-state index >= 15 is 0 Å². The molecule has 0 bridgehead atoms. The molecule has 4 rings (SSSR count). The second-order valence-electron chi connectivity index (χ2n) is 10.2. The van der Waals surface area contributed by atoms with Gasteiger partial charge in [0.25, 0.3) is 0 Å². The summed E-state index contributed by atoms with van der Waals surface area (Å²) in [5.41, 5.74) is 6.96. The summed E-state index contributed by atoms with van der Waals surface area (Å²) < 4.78 is 8.22. The van der Waals surface area contributed by atoms with Crippen molar-refractivity contribution in [2.75, 3.05) is 12.8 Å². The van der Waals surface area contributed by atoms with E-state index in [1.54, 1.807) is 31.2 Å². The molecule has 3 amide bonds. The predicted molar refractivity (Wildman–Crippen MR) is 157 cm³/mol. The van der Waals surface area contributed by atoms with E-state index in [0.29, 0.717) is 40.7 Å². The van der Waals surface area contributed by atoms with Crippen LogP contribution in [0.25, 0.3) is 0 Å². The maximum Gasteiger partial charge on any atom is 0.345 e. The SMILES string of the molecule is CCCCC(NC(=O)N1Cc2nn(CC)c(=O)n2CC(Cc2cc(Cl)ccc2OC)C1=O)c1ccc(C(=O)O)c(N)c1. The maximum atomic E-state index is 14.0. The molecule has 12 nitrogen and oxygen atoms in total. The molecular weight excluding hydrogens is 564 g/mol. The Hall–Kier alpha value is -4.32. The molecule has 1 aromatic heterocycles. The lowest BCUT2D eigenvalue weighted by molar-refractivity contribution is -0.132. The van der Waals surface area contributed by atoms with Crippen molar-refractivity contribution >= 4 is 35.2 Å². The molecule has 13 heteroatoms. The molecule has 2 heterocycles. The van der Waals surface area contributed by atoms with Crippen LogP contribution in [0.5, 0.6) is 5.75 Å². The molecule has 3 aromatic rings. The van der Waals surface area contributed by atoms with Crippen LogP contribution >= 0.6 is 11.6 Å². The van der Waals surface area contributed by atoms with E-state index in [2.05, 4.69) is 10.4 Å². The molecule has 2 atom stereocenters. The first-order valence-electron chi connectivity index (χ1n) is 13.8. The number of fused-ring (bicyclic) bond motifs is 1. The number of aromatic nitrogens is 3. The highest BCUT2D eigenvalue weighted by Gasteiger charge is 2.37. The molecule has 0 saturated heterocycles. The van der Waals surface area contributed by atoms with Crippen molar-refractivity contribution < 1.29 is 24.2 Å². The standard InChI is InChI=1S/C29H35ClN6O6/c1-4-6-7-23(17-8-10-21(27(38)39)22(31)14-17)32-28(40)35-16-25-33-36(5-2)29(41)34(25)15-19(26(35)37)12-18-13-20(30)9-11-24(18)42-3/h8-11,13-14,19,23H,4-7,12,15-16,31H2,1-3H3,(H,32,40)(H,38,39). The normalized spacial score (nSPS) is 15.6. The minimum absolute atomic E-state index is 0.0267. The Balaban J connectivity index is 1.70. The zero-order chi connectivity index (χ0) is 30.6. The number of nitrogen functional groups attached to an aromatic ring is 1. The number of carboxylic acids is 1. The predicted octanol–water partition coefficient (Wildman–Crippen LogP) is 3.85. The number of benzene rings is 2. The molecule has 2 aromatic carbocycles. The quantitative estimate of drug-likeness (QED) is 0.296. The van der Waals surface area contributed by atoms with Crippen molar-refractivity contribution in [1.29, 1.82) is 0 Å². The Labute approximate surface area is 248 Å². The van der Waals surface area contributed by atoms with Gasteiger partial charge in [-0.15, -0.1) is 0 Å². The van der Waals surface area contributed by atoms with Crippen LogP contribution in [-0.4, -0.2) is 49.4 Å². The summed E-state index contributed by atoms with van der Waals surface area (Å²) in [6.07, 6.45) is 2.31. The van der Waals surface area contributed by atoms with Crippen molar-refractivity contribution in [1.82, 2.24) is 24.6 Å². The summed E-state index contributed by atoms with van der Waals surface area (Å²) in [6.45, 7) is 3.96. The first-order chi connectivity index (χ1) is 20.1. The van der Waals surface area contributed by atoms with E-state index in [1.807, 2.05) is 6.92 Å². The number of nitrogens with one attached hydrogen (secondary N) is 1. The Morgan fingerprint density at radius 2 is 1.98 bits per heavy atom. The number of aryl methyl sites for hydroxylation is 1. The van der Waals surface area contributed by atoms with E-state index in [1.165, 1.54) is 28.5 Å². The molecule has 0 saturated carbocycles. The zero-order valence-corrected chi connectivity index (χ0v) is 24.6. The third-order valence-corrected chi connectivity index (χ3v) is 7.66. The number of ether oxygens (including phenoxy) is 1. The number of carbonyl (C=O) groups is 3. The molecule has 0 fully saturated rings. The molecule has 0 radical (unpaired) electrons. The minimum atomic E-state index is -1.15. The van der Waals surface area contributed by atoms with Gasteiger partial charge < -0.3 is 20.9 Å². The molecule has 1 aliphatic heterocycles. The van der Waals surface area contributed by atoms with Crippen molar-refractivity contribution in [2.24, 2.45) is 5.92 Å². The molecular formula is C29H35ClN6O6. The second kappa shape index (κ2) is 13.1. The first kappa shape index (κ1) is 30.6. The third-order valence-electron chi connectivity index (χ3n) is 7.42. The van der Waals surface area contributed by atoms with Gasteiger partial charge in [0.15, 0.2) is 5.82 Å². The molecule has 224 valence electrons. The minimum Gasteiger partial charge on any atom is -0.496 e. The summed E-state index contributed by atoms with van der Waals surface area (Å²) in [5.74, 6) is -1.59. The first-order valence-corrected chi connectivity index (χ1v) is 14.2. The van der Waals surface area contributed by atoms with Crippen molar-refractivity contribution in [2.45, 2.75) is 65.2 Å². The lowest BCUT2D eigenvalue weighted by Crippen LogP contribution is -2.47. The number of aromatic carboxylic acids is 1. The number of carbonyl (C=O) groups excluding carboxylic acids is 2. The number of hydrogen-bond acceptors (Lipinski definition) is 7. The number of carboxylic acid groups (broad SMARTS) is 1. The molecule has 1 aliphatic rings. The van der Waals surface area contributed by atoms with Crippen LogP contribution in [0, 0.1) is 5.92 Å². The number of nitrogens with zero attached hydrogens (tertiary/aromatic N) is 4. The number of rotatable bonds is 10. The topological polar surface area (TPSA) is 162 Å². The second-order valence-corrected chi connectivity index (χ2v) is 10.6. The Kier molecular flexibility index (Phi) is 9.56. The van der Waals surface area contributed by atoms with Gasteiger partial charge >= 0.3 is 17.7 Å². The van der Waals surface area contributed by atoms with E-state index in [-0.39, 0.29) is 36.5 Å². The monoisotopic (exact) mass is 598 g/mol. The Morgan fingerprint density at radius 1 is 1.21 bits per heavy atom. The zero-order valence-electron chi connectivity index (χ0n) is 23.8. The number of imide groups is 1. The van der Waals surface area contributed by atoms with Crippen LogP contribution in [0.3, 0.4) is 0 Å². The maximum absolute atomic E-state index is 14.0. The van der Waals surface area contributed by atoms with Crippen LogP contribution in [-0.2, 0) is 30.8 Å². The summed E-state index contributed by atoms with van der Waals surface area (Å²) in [6, 6.07) is 8.43. The number of urea groups is 1. The highest BCUT2D eigenvalue weighted by atomic mass is 35.5. The number of anilines is 1. The van der Waals surface area contributed by atoms with E-state index < -0.39 is 29.9 Å². The smallest absolute Gasteiger partial charge is 0.345 e. The largest absolute Gasteiger partial charge is 0.496 e. The fourth-order valence-corrected chi connectivity index (χ4v) is 5.37. The van der Waals surface area contributed by atoms with Gasteiger partial charge in [-0.1, -0.05) is 37.4 Å². The molecule has 0 spiro atoms. The number of hydrogen-bond donors (Lipinski definition) is 3. The van der Waals surface area contributed by atoms with Crippen LogP contribution < -0.4 is 21.5 Å². The Bertz CT molecular complexity index is 1550. The van der Waals surface area contributed by atoms with Gasteiger partial charge in [-0.2, -0.15) is 5.10 Å². The summed E-state index contributed by atoms with van der Waals surface area (Å²) in [7, 11) is 1.52. The van der Waals surface area contributed by atoms with Crippen molar-refractivity contribution in [3.63, 3.8) is 0 Å². The number of methoxy groups -OCH3 is 1. The number of amides is 3. The lowest BCUT2D eigenvalue weighted by atomic mass is 9.97. The van der Waals surface area contributed by atoms with Crippen LogP contribution in [0.1, 0.15) is 66.5 Å². The van der Waals surface area contributed by atoms with E-state index in [4.69, 9.17) is 22.1 Å².